The predicted octanol–water partition coefficient (Wildman–Crippen LogP) is 5.12. The summed E-state index contributed by atoms with van der Waals surface area (Å²) >= 11 is 6.52. The van der Waals surface area contributed by atoms with Crippen molar-refractivity contribution in [1.82, 2.24) is 19.9 Å². The van der Waals surface area contributed by atoms with Crippen LogP contribution in [0, 0.1) is 0 Å². The maximum atomic E-state index is 12.7. The molecule has 10 heteroatoms. The zero-order valence-electron chi connectivity index (χ0n) is 20.3. The number of benzene rings is 2. The Bertz CT molecular complexity index is 1370. The molecule has 9 nitrogen and oxygen atoms in total. The van der Waals surface area contributed by atoms with Crippen LogP contribution in [0.1, 0.15) is 31.1 Å². The second kappa shape index (κ2) is 10.9. The smallest absolute Gasteiger partial charge is 0.253 e. The fourth-order valence-corrected chi connectivity index (χ4v) is 4.01. The summed E-state index contributed by atoms with van der Waals surface area (Å²) in [4.78, 5) is 21.3. The van der Waals surface area contributed by atoms with Gasteiger partial charge in [0.05, 0.1) is 17.1 Å². The predicted molar refractivity (Wildman–Crippen MR) is 139 cm³/mol. The van der Waals surface area contributed by atoms with Crippen LogP contribution in [0.25, 0.3) is 11.0 Å². The molecule has 0 aliphatic heterocycles. The Kier molecular flexibility index (Phi) is 7.73. The summed E-state index contributed by atoms with van der Waals surface area (Å²) in [5, 5.41) is 15.8. The highest BCUT2D eigenvalue weighted by molar-refractivity contribution is 6.32. The molecule has 36 heavy (non-hydrogen) atoms. The highest BCUT2D eigenvalue weighted by atomic mass is 35.5. The normalized spacial score (nSPS) is 11.5. The van der Waals surface area contributed by atoms with E-state index in [2.05, 4.69) is 20.6 Å². The van der Waals surface area contributed by atoms with Gasteiger partial charge in [-0.2, -0.15) is 0 Å². The molecule has 0 saturated heterocycles. The van der Waals surface area contributed by atoms with Gasteiger partial charge in [-0.1, -0.05) is 17.7 Å². The second-order valence-corrected chi connectivity index (χ2v) is 8.89. The van der Waals surface area contributed by atoms with Crippen molar-refractivity contribution in [3.63, 3.8) is 0 Å². The lowest BCUT2D eigenvalue weighted by molar-refractivity contribution is -0.0306. The van der Waals surface area contributed by atoms with E-state index in [0.29, 0.717) is 46.7 Å². The quantitative estimate of drug-likeness (QED) is 0.254. The van der Waals surface area contributed by atoms with Crippen molar-refractivity contribution in [2.45, 2.75) is 33.0 Å². The van der Waals surface area contributed by atoms with Crippen LogP contribution in [0.2, 0.25) is 5.02 Å². The van der Waals surface area contributed by atoms with E-state index >= 15 is 0 Å². The van der Waals surface area contributed by atoms with Gasteiger partial charge in [-0.15, -0.1) is 0 Å². The van der Waals surface area contributed by atoms with E-state index in [-0.39, 0.29) is 12.5 Å². The van der Waals surface area contributed by atoms with E-state index < -0.39 is 5.72 Å². The summed E-state index contributed by atoms with van der Waals surface area (Å²) in [5.41, 5.74) is 1.90. The van der Waals surface area contributed by atoms with Gasteiger partial charge in [0.25, 0.3) is 5.91 Å². The molecule has 188 valence electrons. The third kappa shape index (κ3) is 5.93. The number of fused-ring (bicyclic) bond motifs is 1. The number of carbonyl (C=O) groups excluding carboxylic acids is 1. The topological polar surface area (TPSA) is 111 Å². The lowest BCUT2D eigenvalue weighted by Crippen LogP contribution is -2.45. The number of amides is 1. The molecule has 2 heterocycles. The molecule has 4 rings (SSSR count). The molecule has 2 aromatic carbocycles. The van der Waals surface area contributed by atoms with Crippen LogP contribution in [0.4, 0.5) is 11.5 Å². The minimum absolute atomic E-state index is 0.00309. The van der Waals surface area contributed by atoms with Crippen molar-refractivity contribution in [2.75, 3.05) is 18.5 Å². The molecule has 0 fully saturated rings. The summed E-state index contributed by atoms with van der Waals surface area (Å²) in [6, 6.07) is 14.0. The fourth-order valence-electron chi connectivity index (χ4n) is 3.79. The maximum absolute atomic E-state index is 12.7. The van der Waals surface area contributed by atoms with Gasteiger partial charge in [0.15, 0.2) is 5.82 Å². The Balaban J connectivity index is 1.50. The SMILES string of the molecule is CCOC(C)(C)NC(=O)c1cccc(Oc2ccc(Nc3ncnc4ccn(CCO)c34)cc2Cl)c1. The first-order valence-electron chi connectivity index (χ1n) is 11.5. The minimum Gasteiger partial charge on any atom is -0.456 e. The number of anilines is 2. The van der Waals surface area contributed by atoms with Crippen LogP contribution in [-0.4, -0.2) is 44.5 Å². The lowest BCUT2D eigenvalue weighted by atomic mass is 10.2. The Morgan fingerprint density at radius 3 is 2.75 bits per heavy atom. The van der Waals surface area contributed by atoms with Gasteiger partial charge >= 0.3 is 0 Å². The Hall–Kier alpha value is -3.66. The van der Waals surface area contributed by atoms with Crippen LogP contribution < -0.4 is 15.4 Å². The van der Waals surface area contributed by atoms with Gasteiger partial charge in [-0.05, 0) is 63.2 Å². The first-order chi connectivity index (χ1) is 17.3. The second-order valence-electron chi connectivity index (χ2n) is 8.49. The summed E-state index contributed by atoms with van der Waals surface area (Å²) < 4.78 is 13.4. The molecule has 2 aromatic heterocycles. The van der Waals surface area contributed by atoms with Gasteiger partial charge in [-0.3, -0.25) is 4.79 Å². The molecule has 0 unspecified atom stereocenters. The summed E-state index contributed by atoms with van der Waals surface area (Å²) in [5.74, 6) is 1.23. The van der Waals surface area contributed by atoms with Crippen molar-refractivity contribution in [3.05, 3.63) is 71.6 Å². The van der Waals surface area contributed by atoms with Gasteiger partial charge in [0, 0.05) is 30.6 Å². The zero-order valence-corrected chi connectivity index (χ0v) is 21.0. The number of hydrogen-bond acceptors (Lipinski definition) is 7. The molecule has 0 aliphatic carbocycles. The minimum atomic E-state index is -0.788. The van der Waals surface area contributed by atoms with Crippen LogP contribution in [0.3, 0.4) is 0 Å². The number of aromatic nitrogens is 3. The maximum Gasteiger partial charge on any atom is 0.253 e. The number of nitrogens with one attached hydrogen (secondary N) is 2. The van der Waals surface area contributed by atoms with Crippen molar-refractivity contribution in [1.29, 1.82) is 0 Å². The Morgan fingerprint density at radius 2 is 2.00 bits per heavy atom. The molecule has 0 aliphatic rings. The van der Waals surface area contributed by atoms with Crippen molar-refractivity contribution >= 4 is 40.0 Å². The molecule has 0 saturated carbocycles. The lowest BCUT2D eigenvalue weighted by Gasteiger charge is -2.26. The summed E-state index contributed by atoms with van der Waals surface area (Å²) in [6.45, 7) is 6.37. The third-order valence-corrected chi connectivity index (χ3v) is 5.62. The molecule has 0 bridgehead atoms. The van der Waals surface area contributed by atoms with Crippen molar-refractivity contribution < 1.29 is 19.4 Å². The van der Waals surface area contributed by atoms with E-state index in [4.69, 9.17) is 21.1 Å². The standard InChI is InChI=1S/C26H28ClN5O4/c1-4-35-26(2,3)31-25(34)17-6-5-7-19(14-17)36-22-9-8-18(15-20(22)27)30-24-23-21(28-16-29-24)10-11-32(23)12-13-33/h5-11,14-16,33H,4,12-13H2,1-3H3,(H,31,34)(H,28,29,30). The van der Waals surface area contributed by atoms with E-state index in [9.17, 15) is 9.90 Å². The summed E-state index contributed by atoms with van der Waals surface area (Å²) in [6.07, 6.45) is 3.34. The molecule has 3 N–H and O–H groups in total. The van der Waals surface area contributed by atoms with E-state index in [1.807, 2.05) is 29.8 Å². The number of ether oxygens (including phenoxy) is 2. The fraction of sp³-hybridized carbons (Fsp3) is 0.269. The zero-order chi connectivity index (χ0) is 25.7. The number of aliphatic hydroxyl groups is 1. The molecule has 0 radical (unpaired) electrons. The monoisotopic (exact) mass is 509 g/mol. The Morgan fingerprint density at radius 1 is 1.17 bits per heavy atom. The van der Waals surface area contributed by atoms with E-state index in [0.717, 1.165) is 11.0 Å². The highest BCUT2D eigenvalue weighted by Crippen LogP contribution is 2.33. The van der Waals surface area contributed by atoms with Gasteiger partial charge in [0.2, 0.25) is 0 Å². The van der Waals surface area contributed by atoms with Gasteiger partial charge in [-0.25, -0.2) is 9.97 Å². The third-order valence-electron chi connectivity index (χ3n) is 5.33. The average molecular weight is 510 g/mol. The largest absolute Gasteiger partial charge is 0.456 e. The number of halogens is 1. The number of hydrogen-bond donors (Lipinski definition) is 3. The van der Waals surface area contributed by atoms with Crippen molar-refractivity contribution in [3.8, 4) is 11.5 Å². The van der Waals surface area contributed by atoms with E-state index in [1.54, 1.807) is 50.2 Å². The highest BCUT2D eigenvalue weighted by Gasteiger charge is 2.21. The average Bonchev–Trinajstić information content (AvgIpc) is 3.25. The number of carbonyl (C=O) groups is 1. The van der Waals surface area contributed by atoms with Crippen LogP contribution >= 0.6 is 11.6 Å². The molecular weight excluding hydrogens is 482 g/mol. The van der Waals surface area contributed by atoms with Crippen LogP contribution in [0.15, 0.2) is 61.1 Å². The summed E-state index contributed by atoms with van der Waals surface area (Å²) in [7, 11) is 0. The number of rotatable bonds is 10. The molecular formula is C26H28ClN5O4. The molecule has 0 atom stereocenters. The molecule has 4 aromatic rings. The van der Waals surface area contributed by atoms with Crippen LogP contribution in [0.5, 0.6) is 11.5 Å². The Labute approximate surface area is 214 Å². The molecule has 0 spiro atoms. The van der Waals surface area contributed by atoms with Crippen LogP contribution in [-0.2, 0) is 11.3 Å². The first-order valence-corrected chi connectivity index (χ1v) is 11.9. The van der Waals surface area contributed by atoms with E-state index in [1.165, 1.54) is 6.33 Å². The number of aliphatic hydroxyl groups excluding tert-OH is 1. The van der Waals surface area contributed by atoms with Gasteiger partial charge in [0.1, 0.15) is 29.1 Å². The van der Waals surface area contributed by atoms with Crippen molar-refractivity contribution in [2.24, 2.45) is 0 Å². The van der Waals surface area contributed by atoms with Gasteiger partial charge < -0.3 is 29.8 Å². The molecule has 1 amide bonds. The number of nitrogens with zero attached hydrogens (tertiary/aromatic N) is 3. The first kappa shape index (κ1) is 25.4.